The molecule has 0 aromatic heterocycles. The van der Waals surface area contributed by atoms with Crippen LogP contribution in [0.25, 0.3) is 0 Å². The Morgan fingerprint density at radius 3 is 2.40 bits per heavy atom. The average Bonchev–Trinajstić information content (AvgIpc) is 3.52. The van der Waals surface area contributed by atoms with Crippen LogP contribution in [0.3, 0.4) is 0 Å². The smallest absolute Gasteiger partial charge is 0.170 e. The number of carbonyl (C=O) groups excluding carboxylic acids is 1. The van der Waals surface area contributed by atoms with Crippen LogP contribution in [0.5, 0.6) is 0 Å². The number of aliphatic hydroxyl groups is 5. The van der Waals surface area contributed by atoms with Gasteiger partial charge in [0.05, 0.1) is 41.5 Å². The number of hydrogen-bond acceptors (Lipinski definition) is 7. The first-order chi connectivity index (χ1) is 16.1. The van der Waals surface area contributed by atoms with Crippen molar-refractivity contribution in [3.05, 3.63) is 23.3 Å². The molecule has 196 valence electrons. The number of aliphatic hydroxyl groups excluding tert-OH is 3. The maximum atomic E-state index is 13.9. The second-order valence-electron chi connectivity index (χ2n) is 13.2. The van der Waals surface area contributed by atoms with E-state index in [4.69, 9.17) is 4.74 Å². The van der Waals surface area contributed by atoms with E-state index < -0.39 is 52.2 Å². The zero-order chi connectivity index (χ0) is 25.9. The van der Waals surface area contributed by atoms with E-state index in [-0.39, 0.29) is 36.2 Å². The Balaban J connectivity index is 1.53. The molecule has 7 nitrogen and oxygen atoms in total. The van der Waals surface area contributed by atoms with E-state index in [2.05, 4.69) is 0 Å². The van der Waals surface area contributed by atoms with Gasteiger partial charge in [-0.1, -0.05) is 45.4 Å². The molecule has 0 aromatic carbocycles. The predicted octanol–water partition coefficient (Wildman–Crippen LogP) is 1.89. The summed E-state index contributed by atoms with van der Waals surface area (Å²) in [6, 6.07) is 0. The quantitative estimate of drug-likeness (QED) is 0.380. The van der Waals surface area contributed by atoms with Gasteiger partial charge in [0.2, 0.25) is 0 Å². The Bertz CT molecular complexity index is 980. The van der Waals surface area contributed by atoms with Crippen LogP contribution in [-0.4, -0.2) is 73.0 Å². The fourth-order valence-corrected chi connectivity index (χ4v) is 8.36. The van der Waals surface area contributed by atoms with Gasteiger partial charge in [0.1, 0.15) is 6.10 Å². The Morgan fingerprint density at radius 2 is 1.77 bits per heavy atom. The largest absolute Gasteiger partial charge is 0.393 e. The van der Waals surface area contributed by atoms with Crippen LogP contribution >= 0.6 is 0 Å². The van der Waals surface area contributed by atoms with Gasteiger partial charge in [-0.25, -0.2) is 0 Å². The summed E-state index contributed by atoms with van der Waals surface area (Å²) in [5.41, 5.74) is -2.75. The van der Waals surface area contributed by atoms with E-state index in [0.717, 1.165) is 5.57 Å². The number of rotatable bonds is 4. The van der Waals surface area contributed by atoms with Crippen molar-refractivity contribution in [2.75, 3.05) is 0 Å². The van der Waals surface area contributed by atoms with Crippen molar-refractivity contribution in [3.63, 3.8) is 0 Å². The van der Waals surface area contributed by atoms with Gasteiger partial charge < -0.3 is 30.3 Å². The summed E-state index contributed by atoms with van der Waals surface area (Å²) < 4.78 is 5.98. The first-order valence-electron chi connectivity index (χ1n) is 13.2. The topological polar surface area (TPSA) is 131 Å². The summed E-state index contributed by atoms with van der Waals surface area (Å²) in [4.78, 5) is 13.9. The summed E-state index contributed by atoms with van der Waals surface area (Å²) in [7, 11) is 0. The number of epoxide rings is 1. The third-order valence-corrected chi connectivity index (χ3v) is 11.0. The van der Waals surface area contributed by atoms with Gasteiger partial charge in [0.15, 0.2) is 5.78 Å². The molecule has 0 bridgehead atoms. The molecule has 12 atom stereocenters. The molecule has 4 aliphatic carbocycles. The molecule has 1 saturated heterocycles. The minimum Gasteiger partial charge on any atom is -0.393 e. The molecule has 1 heterocycles. The number of ketones is 1. The standard InChI is InChI=1S/C28H42O7/c1-13(22-23(35-22)14(2)25(3,4)33)19-18(30)12-28(34)17-8-7-15-11-16(29)9-10-26(15,5)20(17)21(31)24(32)27(19,28)6/h7-8,13-14,16,18-20,22-24,29-30,32-34H,9-12H2,1-6H3. The zero-order valence-electron chi connectivity index (χ0n) is 21.7. The molecule has 5 rings (SSSR count). The first kappa shape index (κ1) is 25.6. The summed E-state index contributed by atoms with van der Waals surface area (Å²) >= 11 is 0. The molecule has 12 unspecified atom stereocenters. The van der Waals surface area contributed by atoms with Crippen molar-refractivity contribution in [1.82, 2.24) is 0 Å². The molecule has 0 spiro atoms. The first-order valence-corrected chi connectivity index (χ1v) is 13.2. The highest BCUT2D eigenvalue weighted by atomic mass is 16.6. The van der Waals surface area contributed by atoms with Gasteiger partial charge >= 0.3 is 0 Å². The summed E-state index contributed by atoms with van der Waals surface area (Å²) in [5.74, 6) is -1.92. The second kappa shape index (κ2) is 7.71. The molecule has 5 N–H and O–H groups in total. The monoisotopic (exact) mass is 490 g/mol. The normalized spacial score (nSPS) is 50.9. The Hall–Kier alpha value is -1.09. The van der Waals surface area contributed by atoms with Gasteiger partial charge in [0.25, 0.3) is 0 Å². The highest BCUT2D eigenvalue weighted by molar-refractivity contribution is 5.93. The lowest BCUT2D eigenvalue weighted by Gasteiger charge is -2.58. The number of carbonyl (C=O) groups is 1. The van der Waals surface area contributed by atoms with Gasteiger partial charge in [-0.05, 0) is 44.6 Å². The molecule has 1 aliphatic heterocycles. The molecule has 0 aromatic rings. The van der Waals surface area contributed by atoms with Crippen molar-refractivity contribution in [3.8, 4) is 0 Å². The van der Waals surface area contributed by atoms with Crippen LogP contribution in [0.15, 0.2) is 23.3 Å². The molecule has 35 heavy (non-hydrogen) atoms. The number of fused-ring (bicyclic) bond motifs is 5. The second-order valence-corrected chi connectivity index (χ2v) is 13.2. The number of Topliss-reactive ketones (excluding diaryl/α,β-unsaturated/α-hetero) is 1. The molecular weight excluding hydrogens is 448 g/mol. The van der Waals surface area contributed by atoms with Crippen LogP contribution in [0.1, 0.15) is 67.2 Å². The number of hydrogen-bond donors (Lipinski definition) is 5. The number of allylic oxidation sites excluding steroid dienone is 2. The molecule has 0 radical (unpaired) electrons. The van der Waals surface area contributed by atoms with Crippen LogP contribution in [0.2, 0.25) is 0 Å². The highest BCUT2D eigenvalue weighted by Gasteiger charge is 2.74. The lowest BCUT2D eigenvalue weighted by atomic mass is 9.47. The molecule has 4 fully saturated rings. The summed E-state index contributed by atoms with van der Waals surface area (Å²) in [6.07, 6.45) is 2.22. The maximum Gasteiger partial charge on any atom is 0.170 e. The fourth-order valence-electron chi connectivity index (χ4n) is 8.36. The third-order valence-electron chi connectivity index (χ3n) is 11.0. The van der Waals surface area contributed by atoms with Gasteiger partial charge in [-0.15, -0.1) is 0 Å². The predicted molar refractivity (Wildman–Crippen MR) is 129 cm³/mol. The van der Waals surface area contributed by atoms with Gasteiger partial charge in [-0.2, -0.15) is 0 Å². The van der Waals surface area contributed by atoms with Crippen molar-refractivity contribution >= 4 is 5.78 Å². The van der Waals surface area contributed by atoms with Crippen LogP contribution in [0.4, 0.5) is 0 Å². The maximum absolute atomic E-state index is 13.9. The lowest BCUT2D eigenvalue weighted by molar-refractivity contribution is -0.177. The summed E-state index contributed by atoms with van der Waals surface area (Å²) in [6.45, 7) is 11.1. The van der Waals surface area contributed by atoms with Crippen LogP contribution < -0.4 is 0 Å². The minimum atomic E-state index is -1.54. The van der Waals surface area contributed by atoms with Gasteiger partial charge in [-0.3, -0.25) is 4.79 Å². The Labute approximate surface area is 207 Å². The van der Waals surface area contributed by atoms with E-state index >= 15 is 0 Å². The molecule has 3 saturated carbocycles. The minimum absolute atomic E-state index is 0.0471. The highest BCUT2D eigenvalue weighted by Crippen LogP contribution is 2.67. The van der Waals surface area contributed by atoms with Crippen molar-refractivity contribution < 1.29 is 35.1 Å². The summed E-state index contributed by atoms with van der Waals surface area (Å²) in [5, 5.41) is 55.9. The van der Waals surface area contributed by atoms with E-state index in [9.17, 15) is 30.3 Å². The van der Waals surface area contributed by atoms with E-state index in [0.29, 0.717) is 24.8 Å². The van der Waals surface area contributed by atoms with Crippen molar-refractivity contribution in [2.24, 2.45) is 34.5 Å². The van der Waals surface area contributed by atoms with Crippen LogP contribution in [-0.2, 0) is 9.53 Å². The SMILES string of the molecule is CC(C1OC1C(C)C(C)(C)O)C1C(O)CC2(O)C3=CC=C4CC(O)CCC4(C)C3C(=O)C(O)C12C. The third kappa shape index (κ3) is 3.28. The Morgan fingerprint density at radius 1 is 1.11 bits per heavy atom. The van der Waals surface area contributed by atoms with E-state index in [1.165, 1.54) is 0 Å². The van der Waals surface area contributed by atoms with E-state index in [1.807, 2.05) is 32.9 Å². The molecular formula is C28H42O7. The molecule has 0 amide bonds. The van der Waals surface area contributed by atoms with Crippen molar-refractivity contribution in [2.45, 2.75) is 109 Å². The molecule has 7 heteroatoms. The lowest BCUT2D eigenvalue weighted by Crippen LogP contribution is -2.66. The average molecular weight is 491 g/mol. The van der Waals surface area contributed by atoms with Crippen molar-refractivity contribution in [1.29, 1.82) is 0 Å². The van der Waals surface area contributed by atoms with Crippen LogP contribution in [0, 0.1) is 34.5 Å². The van der Waals surface area contributed by atoms with Gasteiger partial charge in [0, 0.05) is 29.1 Å². The molecule has 5 aliphatic rings. The number of ether oxygens (including phenoxy) is 1. The fraction of sp³-hybridized carbons (Fsp3) is 0.821. The Kier molecular flexibility index (Phi) is 5.63. The van der Waals surface area contributed by atoms with E-state index in [1.54, 1.807) is 20.8 Å². The zero-order valence-corrected chi connectivity index (χ0v) is 21.7.